The summed E-state index contributed by atoms with van der Waals surface area (Å²) in [4.78, 5) is 18.1. The van der Waals surface area contributed by atoms with Crippen LogP contribution in [-0.2, 0) is 26.2 Å². The topological polar surface area (TPSA) is 75.8 Å². The number of rotatable bonds is 9. The largest absolute Gasteiger partial charge is 0.489 e. The zero-order valence-electron chi connectivity index (χ0n) is 18.0. The summed E-state index contributed by atoms with van der Waals surface area (Å²) in [6.45, 7) is 2.03. The average Bonchev–Trinajstić information content (AvgIpc) is 2.82. The Morgan fingerprint density at radius 3 is 2.59 bits per heavy atom. The highest BCUT2D eigenvalue weighted by Crippen LogP contribution is 2.23. The number of hydrogen-bond acceptors (Lipinski definition) is 6. The Labute approximate surface area is 186 Å². The first kappa shape index (κ1) is 21.7. The molecule has 6 heteroatoms. The molecule has 4 aromatic rings. The van der Waals surface area contributed by atoms with Gasteiger partial charge in [-0.25, -0.2) is 4.79 Å². The molecule has 6 nitrogen and oxygen atoms in total. The van der Waals surface area contributed by atoms with Crippen molar-refractivity contribution >= 4 is 11.0 Å². The van der Waals surface area contributed by atoms with Gasteiger partial charge in [0.2, 0.25) is 0 Å². The van der Waals surface area contributed by atoms with Crippen molar-refractivity contribution in [1.29, 1.82) is 0 Å². The summed E-state index contributed by atoms with van der Waals surface area (Å²) in [6.07, 6.45) is 4.68. The Hall–Kier alpha value is -3.48. The van der Waals surface area contributed by atoms with Gasteiger partial charge in [-0.05, 0) is 53.9 Å². The molecule has 32 heavy (non-hydrogen) atoms. The van der Waals surface area contributed by atoms with Crippen LogP contribution in [0.3, 0.4) is 0 Å². The SMILES string of the molecule is CN(CCc1cccnc1)Cc1ccc(COc2ccc3c(CO)cc(=O)oc3c2)cc1. The summed E-state index contributed by atoms with van der Waals surface area (Å²) < 4.78 is 11.1. The fourth-order valence-corrected chi connectivity index (χ4v) is 3.60. The Morgan fingerprint density at radius 1 is 1.03 bits per heavy atom. The summed E-state index contributed by atoms with van der Waals surface area (Å²) >= 11 is 0. The van der Waals surface area contributed by atoms with E-state index in [2.05, 4.69) is 47.3 Å². The molecule has 0 aliphatic heterocycles. The number of aromatic nitrogens is 1. The highest BCUT2D eigenvalue weighted by molar-refractivity contribution is 5.81. The monoisotopic (exact) mass is 430 g/mol. The molecule has 164 valence electrons. The predicted molar refractivity (Wildman–Crippen MR) is 123 cm³/mol. The summed E-state index contributed by atoms with van der Waals surface area (Å²) in [5.41, 5.74) is 4.00. The van der Waals surface area contributed by atoms with Crippen molar-refractivity contribution in [2.24, 2.45) is 0 Å². The molecule has 2 heterocycles. The smallest absolute Gasteiger partial charge is 0.336 e. The Bertz CT molecular complexity index is 1220. The molecule has 2 aromatic carbocycles. The highest BCUT2D eigenvalue weighted by Gasteiger charge is 2.07. The number of hydrogen-bond donors (Lipinski definition) is 1. The standard InChI is InChI=1S/C26H26N2O4/c1-28(12-10-19-3-2-11-27-15-19)16-20-4-6-21(7-5-20)18-31-23-8-9-24-22(17-29)13-26(30)32-25(24)14-23/h2-9,11,13-15,29H,10,12,16-18H2,1H3. The summed E-state index contributed by atoms with van der Waals surface area (Å²) in [5.74, 6) is 0.606. The van der Waals surface area contributed by atoms with Crippen molar-refractivity contribution in [1.82, 2.24) is 9.88 Å². The number of pyridine rings is 1. The van der Waals surface area contributed by atoms with Crippen LogP contribution in [0.2, 0.25) is 0 Å². The van der Waals surface area contributed by atoms with Crippen LogP contribution in [0.5, 0.6) is 5.75 Å². The predicted octanol–water partition coefficient (Wildman–Crippen LogP) is 3.93. The number of aliphatic hydroxyl groups excluding tert-OH is 1. The van der Waals surface area contributed by atoms with Gasteiger partial charge in [-0.1, -0.05) is 30.3 Å². The molecule has 0 spiro atoms. The molecule has 0 aliphatic rings. The number of nitrogens with zero attached hydrogens (tertiary/aromatic N) is 2. The number of fused-ring (bicyclic) bond motifs is 1. The van der Waals surface area contributed by atoms with Gasteiger partial charge < -0.3 is 19.2 Å². The molecule has 4 rings (SSSR count). The lowest BCUT2D eigenvalue weighted by Crippen LogP contribution is -2.20. The Morgan fingerprint density at radius 2 is 1.84 bits per heavy atom. The second kappa shape index (κ2) is 10.2. The lowest BCUT2D eigenvalue weighted by Gasteiger charge is -2.17. The third-order valence-corrected chi connectivity index (χ3v) is 5.36. The maximum Gasteiger partial charge on any atom is 0.336 e. The van der Waals surface area contributed by atoms with E-state index in [1.165, 1.54) is 17.2 Å². The van der Waals surface area contributed by atoms with E-state index in [1.54, 1.807) is 18.3 Å². The summed E-state index contributed by atoms with van der Waals surface area (Å²) in [7, 11) is 2.12. The molecule has 0 saturated carbocycles. The first-order valence-corrected chi connectivity index (χ1v) is 10.6. The van der Waals surface area contributed by atoms with Gasteiger partial charge in [-0.15, -0.1) is 0 Å². The van der Waals surface area contributed by atoms with E-state index >= 15 is 0 Å². The quantitative estimate of drug-likeness (QED) is 0.406. The average molecular weight is 431 g/mol. The maximum atomic E-state index is 11.7. The molecule has 0 atom stereocenters. The second-order valence-corrected chi connectivity index (χ2v) is 7.86. The first-order chi connectivity index (χ1) is 15.6. The number of ether oxygens (including phenoxy) is 1. The van der Waals surface area contributed by atoms with Crippen LogP contribution < -0.4 is 10.4 Å². The van der Waals surface area contributed by atoms with Gasteiger partial charge in [-0.2, -0.15) is 0 Å². The maximum absolute atomic E-state index is 11.7. The van der Waals surface area contributed by atoms with Gasteiger partial charge in [0, 0.05) is 43.0 Å². The molecule has 0 aliphatic carbocycles. The van der Waals surface area contributed by atoms with Gasteiger partial charge in [0.1, 0.15) is 17.9 Å². The summed E-state index contributed by atoms with van der Waals surface area (Å²) in [5, 5.41) is 10.1. The normalized spacial score (nSPS) is 11.2. The van der Waals surface area contributed by atoms with Crippen molar-refractivity contribution in [3.05, 3.63) is 106 Å². The third-order valence-electron chi connectivity index (χ3n) is 5.36. The van der Waals surface area contributed by atoms with Crippen molar-refractivity contribution in [3.8, 4) is 5.75 Å². The lowest BCUT2D eigenvalue weighted by molar-refractivity contribution is 0.282. The van der Waals surface area contributed by atoms with Crippen molar-refractivity contribution in [3.63, 3.8) is 0 Å². The van der Waals surface area contributed by atoms with Crippen LogP contribution in [0.25, 0.3) is 11.0 Å². The van der Waals surface area contributed by atoms with Crippen LogP contribution in [0.1, 0.15) is 22.3 Å². The lowest BCUT2D eigenvalue weighted by atomic mass is 10.1. The molecule has 0 bridgehead atoms. The molecular weight excluding hydrogens is 404 g/mol. The second-order valence-electron chi connectivity index (χ2n) is 7.86. The van der Waals surface area contributed by atoms with E-state index in [1.807, 2.05) is 18.3 Å². The zero-order chi connectivity index (χ0) is 22.3. The van der Waals surface area contributed by atoms with Crippen molar-refractivity contribution in [2.45, 2.75) is 26.2 Å². The van der Waals surface area contributed by atoms with Crippen molar-refractivity contribution < 1.29 is 14.3 Å². The molecule has 1 N–H and O–H groups in total. The van der Waals surface area contributed by atoms with E-state index in [0.717, 1.165) is 25.1 Å². The molecule has 2 aromatic heterocycles. The van der Waals surface area contributed by atoms with Crippen molar-refractivity contribution in [2.75, 3.05) is 13.6 Å². The minimum absolute atomic E-state index is 0.215. The molecule has 0 unspecified atom stereocenters. The van der Waals surface area contributed by atoms with E-state index < -0.39 is 5.63 Å². The number of benzene rings is 2. The fraction of sp³-hybridized carbons (Fsp3) is 0.231. The molecular formula is C26H26N2O4. The van der Waals surface area contributed by atoms with Crippen LogP contribution >= 0.6 is 0 Å². The van der Waals surface area contributed by atoms with Gasteiger partial charge in [0.05, 0.1) is 6.61 Å². The van der Waals surface area contributed by atoms with Crippen LogP contribution in [0.4, 0.5) is 0 Å². The highest BCUT2D eigenvalue weighted by atomic mass is 16.5. The zero-order valence-corrected chi connectivity index (χ0v) is 18.0. The van der Waals surface area contributed by atoms with E-state index in [4.69, 9.17) is 9.15 Å². The Kier molecular flexibility index (Phi) is 6.94. The number of likely N-dealkylation sites (N-methyl/N-ethyl adjacent to an activating group) is 1. The Balaban J connectivity index is 1.32. The first-order valence-electron chi connectivity index (χ1n) is 10.6. The van der Waals surface area contributed by atoms with E-state index in [0.29, 0.717) is 28.9 Å². The van der Waals surface area contributed by atoms with Gasteiger partial charge in [-0.3, -0.25) is 4.98 Å². The van der Waals surface area contributed by atoms with Gasteiger partial charge in [0.25, 0.3) is 0 Å². The molecule has 0 saturated heterocycles. The van der Waals surface area contributed by atoms with Crippen LogP contribution in [-0.4, -0.2) is 28.6 Å². The molecule has 0 fully saturated rings. The van der Waals surface area contributed by atoms with Crippen LogP contribution in [0, 0.1) is 0 Å². The third kappa shape index (κ3) is 5.60. The number of aliphatic hydroxyl groups is 1. The van der Waals surface area contributed by atoms with E-state index in [-0.39, 0.29) is 6.61 Å². The minimum Gasteiger partial charge on any atom is -0.489 e. The summed E-state index contributed by atoms with van der Waals surface area (Å²) in [6, 6.07) is 19.0. The van der Waals surface area contributed by atoms with E-state index in [9.17, 15) is 9.90 Å². The van der Waals surface area contributed by atoms with Gasteiger partial charge >= 0.3 is 5.63 Å². The fourth-order valence-electron chi connectivity index (χ4n) is 3.60. The molecule has 0 radical (unpaired) electrons. The minimum atomic E-state index is -0.486. The van der Waals surface area contributed by atoms with Gasteiger partial charge in [0.15, 0.2) is 0 Å². The molecule has 0 amide bonds. The van der Waals surface area contributed by atoms with Crippen LogP contribution in [0.15, 0.2) is 82.3 Å².